The van der Waals surface area contributed by atoms with E-state index in [0.29, 0.717) is 32.0 Å². The Morgan fingerprint density at radius 2 is 1.84 bits per heavy atom. The van der Waals surface area contributed by atoms with E-state index in [2.05, 4.69) is 0 Å². The summed E-state index contributed by atoms with van der Waals surface area (Å²) in [6.07, 6.45) is 1.70. The van der Waals surface area contributed by atoms with Crippen molar-refractivity contribution in [3.63, 3.8) is 0 Å². The topological polar surface area (TPSA) is 59.0 Å². The van der Waals surface area contributed by atoms with Gasteiger partial charge in [0, 0.05) is 0 Å². The number of thiocarbonyl (C=S) groups is 1. The van der Waals surface area contributed by atoms with Gasteiger partial charge in [-0.3, -0.25) is 9.69 Å². The maximum Gasteiger partial charge on any atom is 0.270 e. The van der Waals surface area contributed by atoms with Crippen LogP contribution >= 0.6 is 24.0 Å². The Hall–Kier alpha value is -2.51. The number of carbonyl (C=O) groups is 1. The molecule has 0 aliphatic carbocycles. The predicted octanol–water partition coefficient (Wildman–Crippen LogP) is 3.82. The van der Waals surface area contributed by atoms with Gasteiger partial charge in [0.2, 0.25) is 0 Å². The molecule has 0 radical (unpaired) electrons. The number of phenols is 1. The highest BCUT2D eigenvalue weighted by Crippen LogP contribution is 2.37. The Morgan fingerprint density at radius 3 is 2.44 bits per heavy atom. The summed E-state index contributed by atoms with van der Waals surface area (Å²) in [6, 6.07) is 12.1. The van der Waals surface area contributed by atoms with E-state index in [1.807, 2.05) is 0 Å². The molecule has 0 unspecified atom stereocenters. The molecule has 25 heavy (non-hydrogen) atoms. The molecule has 0 aromatic heterocycles. The fraction of sp³-hybridized carbons (Fsp3) is 0.111. The first-order chi connectivity index (χ1) is 12.0. The summed E-state index contributed by atoms with van der Waals surface area (Å²) in [7, 11) is 3.07. The van der Waals surface area contributed by atoms with Gasteiger partial charge in [-0.15, -0.1) is 0 Å². The third-order valence-electron chi connectivity index (χ3n) is 3.63. The molecule has 1 aliphatic heterocycles. The third kappa shape index (κ3) is 3.47. The number of phenolic OH excluding ortho intramolecular Hbond substituents is 1. The molecule has 1 heterocycles. The van der Waals surface area contributed by atoms with Crippen molar-refractivity contribution in [2.75, 3.05) is 19.1 Å². The number of hydrogen-bond acceptors (Lipinski definition) is 6. The Bertz CT molecular complexity index is 862. The lowest BCUT2D eigenvalue weighted by Crippen LogP contribution is -2.27. The molecular weight excluding hydrogens is 358 g/mol. The molecule has 128 valence electrons. The summed E-state index contributed by atoms with van der Waals surface area (Å²) in [4.78, 5) is 14.7. The number of ether oxygens (including phenoxy) is 2. The van der Waals surface area contributed by atoms with Crippen LogP contribution in [0.15, 0.2) is 47.4 Å². The van der Waals surface area contributed by atoms with Crippen molar-refractivity contribution >= 4 is 46.0 Å². The number of rotatable bonds is 4. The molecule has 0 bridgehead atoms. The number of hydrogen-bond donors (Lipinski definition) is 1. The molecule has 1 aliphatic rings. The molecule has 1 fully saturated rings. The number of anilines is 1. The van der Waals surface area contributed by atoms with E-state index in [1.54, 1.807) is 55.7 Å². The number of methoxy groups -OCH3 is 2. The molecule has 1 amide bonds. The maximum atomic E-state index is 12.7. The number of thioether (sulfide) groups is 1. The zero-order chi connectivity index (χ0) is 18.0. The standard InChI is InChI=1S/C18H15NO4S2/c1-22-13-6-4-12(5-7-13)19-17(21)16(25-18(19)24)10-11-3-8-15(23-2)14(20)9-11/h3-10,20H,1-2H3/b16-10+. The SMILES string of the molecule is COc1ccc(N2C(=O)/C(=C\c3ccc(OC)c(O)c3)SC2=S)cc1. The number of carbonyl (C=O) groups excluding carboxylic acids is 1. The lowest BCUT2D eigenvalue weighted by Gasteiger charge is -2.14. The first-order valence-electron chi connectivity index (χ1n) is 7.32. The molecule has 7 heteroatoms. The van der Waals surface area contributed by atoms with Crippen molar-refractivity contribution in [1.29, 1.82) is 0 Å². The fourth-order valence-electron chi connectivity index (χ4n) is 2.37. The van der Waals surface area contributed by atoms with Gasteiger partial charge in [0.1, 0.15) is 5.75 Å². The lowest BCUT2D eigenvalue weighted by molar-refractivity contribution is -0.113. The van der Waals surface area contributed by atoms with Crippen LogP contribution in [0.2, 0.25) is 0 Å². The number of benzene rings is 2. The predicted molar refractivity (Wildman–Crippen MR) is 103 cm³/mol. The normalized spacial score (nSPS) is 15.8. The summed E-state index contributed by atoms with van der Waals surface area (Å²) in [5, 5.41) is 9.87. The second-order valence-electron chi connectivity index (χ2n) is 5.15. The number of nitrogens with zero attached hydrogens (tertiary/aromatic N) is 1. The van der Waals surface area contributed by atoms with Gasteiger partial charge in [-0.2, -0.15) is 0 Å². The molecular formula is C18H15NO4S2. The van der Waals surface area contributed by atoms with Crippen LogP contribution in [0, 0.1) is 0 Å². The second kappa shape index (κ2) is 7.16. The smallest absolute Gasteiger partial charge is 0.270 e. The van der Waals surface area contributed by atoms with Gasteiger partial charge in [0.15, 0.2) is 15.8 Å². The maximum absolute atomic E-state index is 12.7. The van der Waals surface area contributed by atoms with Crippen LogP contribution in [0.3, 0.4) is 0 Å². The summed E-state index contributed by atoms with van der Waals surface area (Å²) in [5.41, 5.74) is 1.37. The molecule has 1 N–H and O–H groups in total. The van der Waals surface area contributed by atoms with Crippen LogP contribution in [0.1, 0.15) is 5.56 Å². The highest BCUT2D eigenvalue weighted by Gasteiger charge is 2.33. The summed E-state index contributed by atoms with van der Waals surface area (Å²) in [5.74, 6) is 0.902. The number of aromatic hydroxyl groups is 1. The van der Waals surface area contributed by atoms with Crippen molar-refractivity contribution in [2.45, 2.75) is 0 Å². The average Bonchev–Trinajstić information content (AvgIpc) is 2.89. The van der Waals surface area contributed by atoms with Crippen molar-refractivity contribution in [3.05, 3.63) is 52.9 Å². The van der Waals surface area contributed by atoms with E-state index < -0.39 is 0 Å². The number of amides is 1. The minimum absolute atomic E-state index is 0.0156. The molecule has 5 nitrogen and oxygen atoms in total. The quantitative estimate of drug-likeness (QED) is 0.650. The zero-order valence-electron chi connectivity index (χ0n) is 13.6. The van der Waals surface area contributed by atoms with Crippen LogP contribution in [-0.4, -0.2) is 29.6 Å². The first-order valence-corrected chi connectivity index (χ1v) is 8.55. The van der Waals surface area contributed by atoms with Crippen molar-refractivity contribution in [1.82, 2.24) is 0 Å². The molecule has 3 rings (SSSR count). The van der Waals surface area contributed by atoms with E-state index in [1.165, 1.54) is 23.8 Å². The summed E-state index contributed by atoms with van der Waals surface area (Å²) < 4.78 is 10.6. The van der Waals surface area contributed by atoms with E-state index >= 15 is 0 Å². The molecule has 0 atom stereocenters. The van der Waals surface area contributed by atoms with Gasteiger partial charge in [-0.05, 0) is 48.0 Å². The van der Waals surface area contributed by atoms with E-state index in [4.69, 9.17) is 21.7 Å². The molecule has 2 aromatic rings. The average molecular weight is 373 g/mol. The van der Waals surface area contributed by atoms with Gasteiger partial charge in [0.05, 0.1) is 24.8 Å². The second-order valence-corrected chi connectivity index (χ2v) is 6.82. The molecule has 0 spiro atoms. The Morgan fingerprint density at radius 1 is 1.12 bits per heavy atom. The molecule has 2 aromatic carbocycles. The summed E-state index contributed by atoms with van der Waals surface area (Å²) in [6.45, 7) is 0. The monoisotopic (exact) mass is 373 g/mol. The van der Waals surface area contributed by atoms with Crippen molar-refractivity contribution in [3.8, 4) is 17.2 Å². The van der Waals surface area contributed by atoms with Crippen LogP contribution in [0.4, 0.5) is 5.69 Å². The Balaban J connectivity index is 1.88. The van der Waals surface area contributed by atoms with E-state index in [9.17, 15) is 9.90 Å². The Kier molecular flexibility index (Phi) is 4.96. The molecule has 1 saturated heterocycles. The minimum atomic E-state index is -0.199. The Labute approximate surface area is 154 Å². The van der Waals surface area contributed by atoms with Crippen molar-refractivity contribution < 1.29 is 19.4 Å². The van der Waals surface area contributed by atoms with Crippen LogP contribution in [0.5, 0.6) is 17.2 Å². The largest absolute Gasteiger partial charge is 0.504 e. The minimum Gasteiger partial charge on any atom is -0.504 e. The zero-order valence-corrected chi connectivity index (χ0v) is 15.2. The highest BCUT2D eigenvalue weighted by atomic mass is 32.2. The van der Waals surface area contributed by atoms with Crippen LogP contribution in [-0.2, 0) is 4.79 Å². The van der Waals surface area contributed by atoms with Gasteiger partial charge >= 0.3 is 0 Å². The first kappa shape index (κ1) is 17.3. The van der Waals surface area contributed by atoms with Crippen LogP contribution < -0.4 is 14.4 Å². The van der Waals surface area contributed by atoms with Gasteiger partial charge in [-0.25, -0.2) is 0 Å². The van der Waals surface area contributed by atoms with Crippen LogP contribution in [0.25, 0.3) is 6.08 Å². The van der Waals surface area contributed by atoms with E-state index in [0.717, 1.165) is 0 Å². The highest BCUT2D eigenvalue weighted by molar-refractivity contribution is 8.27. The van der Waals surface area contributed by atoms with Gasteiger partial charge < -0.3 is 14.6 Å². The third-order valence-corrected chi connectivity index (χ3v) is 4.93. The fourth-order valence-corrected chi connectivity index (χ4v) is 3.67. The van der Waals surface area contributed by atoms with Gasteiger partial charge in [-0.1, -0.05) is 30.0 Å². The van der Waals surface area contributed by atoms with Gasteiger partial charge in [0.25, 0.3) is 5.91 Å². The lowest BCUT2D eigenvalue weighted by atomic mass is 10.2. The molecule has 0 saturated carbocycles. The van der Waals surface area contributed by atoms with Crippen molar-refractivity contribution in [2.24, 2.45) is 0 Å². The summed E-state index contributed by atoms with van der Waals surface area (Å²) >= 11 is 6.57. The van der Waals surface area contributed by atoms with E-state index in [-0.39, 0.29) is 11.7 Å².